The van der Waals surface area contributed by atoms with Crippen molar-refractivity contribution in [1.29, 1.82) is 0 Å². The van der Waals surface area contributed by atoms with Crippen LogP contribution in [-0.4, -0.2) is 0 Å². The predicted octanol–water partition coefficient (Wildman–Crippen LogP) is 15.1. The summed E-state index contributed by atoms with van der Waals surface area (Å²) in [6.45, 7) is 0. The third-order valence-corrected chi connectivity index (χ3v) is 11.8. The van der Waals surface area contributed by atoms with Gasteiger partial charge in [0.05, 0.1) is 5.69 Å². The predicted molar refractivity (Wildman–Crippen MR) is 227 cm³/mol. The first kappa shape index (κ1) is 30.0. The van der Waals surface area contributed by atoms with Crippen LogP contribution in [0.25, 0.3) is 85.9 Å². The van der Waals surface area contributed by atoms with Gasteiger partial charge in [-0.1, -0.05) is 140 Å². The first-order valence-electron chi connectivity index (χ1n) is 18.0. The van der Waals surface area contributed by atoms with Crippen LogP contribution in [0.15, 0.2) is 192 Å². The highest BCUT2D eigenvalue weighted by molar-refractivity contribution is 7.25. The molecule has 2 aromatic heterocycles. The van der Waals surface area contributed by atoms with Gasteiger partial charge in [0.2, 0.25) is 0 Å². The summed E-state index contributed by atoms with van der Waals surface area (Å²) >= 11 is 1.86. The summed E-state index contributed by atoms with van der Waals surface area (Å²) in [6, 6.07) is 67.9. The van der Waals surface area contributed by atoms with Crippen molar-refractivity contribution >= 4 is 92.1 Å². The van der Waals surface area contributed by atoms with Crippen molar-refractivity contribution in [3.63, 3.8) is 0 Å². The minimum Gasteiger partial charge on any atom is -0.454 e. The molecule has 0 fully saturated rings. The highest BCUT2D eigenvalue weighted by atomic mass is 32.1. The molecule has 0 unspecified atom stereocenters. The van der Waals surface area contributed by atoms with E-state index in [1.54, 1.807) is 0 Å². The molecular weight excluding hydrogens is 663 g/mol. The van der Waals surface area contributed by atoms with E-state index in [0.29, 0.717) is 0 Å². The largest absolute Gasteiger partial charge is 0.454 e. The minimum atomic E-state index is 0.865. The average molecular weight is 694 g/mol. The highest BCUT2D eigenvalue weighted by Gasteiger charge is 2.23. The van der Waals surface area contributed by atoms with Crippen LogP contribution >= 0.6 is 11.3 Å². The maximum Gasteiger partial charge on any atom is 0.160 e. The van der Waals surface area contributed by atoms with Crippen LogP contribution in [0.3, 0.4) is 0 Å². The first-order valence-corrected chi connectivity index (χ1v) is 18.8. The molecule has 0 saturated heterocycles. The summed E-state index contributed by atoms with van der Waals surface area (Å²) in [5, 5.41) is 9.77. The summed E-state index contributed by atoms with van der Waals surface area (Å²) in [5.41, 5.74) is 9.64. The lowest BCUT2D eigenvalue weighted by Gasteiger charge is -2.27. The molecular formula is C50H31NOS. The fraction of sp³-hybridized carbons (Fsp3) is 0. The smallest absolute Gasteiger partial charge is 0.160 e. The SMILES string of the molecule is c1ccc(-c2ccc(N(c3ccc(-c4cccc5sc6ccccc6c45)cc3)c3ccc4ccc5ccccc5c4c3)c3oc4ccccc4c23)cc1. The first-order chi connectivity index (χ1) is 26.3. The van der Waals surface area contributed by atoms with E-state index in [9.17, 15) is 0 Å². The Bertz CT molecular complexity index is 3170. The standard InChI is InChI=1S/C50H31NOS/c1-2-11-32(12-3-1)40-29-30-44(50-49(40)41-15-6-8-18-45(41)52-50)51(37-28-25-35-22-21-33-13-4-5-14-38(33)43(35)31-37)36-26-23-34(24-27-36)39-17-10-20-47-48(39)42-16-7-9-19-46(42)53-47/h1-31H. The third-order valence-electron chi connectivity index (χ3n) is 10.7. The minimum absolute atomic E-state index is 0.865. The van der Waals surface area contributed by atoms with Crippen molar-refractivity contribution < 1.29 is 4.42 Å². The number of nitrogens with zero attached hydrogens (tertiary/aromatic N) is 1. The number of hydrogen-bond donors (Lipinski definition) is 0. The van der Waals surface area contributed by atoms with Crippen molar-refractivity contribution in [2.45, 2.75) is 0 Å². The quantitative estimate of drug-likeness (QED) is 0.167. The molecule has 53 heavy (non-hydrogen) atoms. The molecule has 248 valence electrons. The van der Waals surface area contributed by atoms with Crippen molar-refractivity contribution in [3.05, 3.63) is 188 Å². The van der Waals surface area contributed by atoms with Crippen LogP contribution < -0.4 is 4.90 Å². The van der Waals surface area contributed by atoms with E-state index in [2.05, 4.69) is 193 Å². The number of anilines is 3. The van der Waals surface area contributed by atoms with Gasteiger partial charge in [-0.2, -0.15) is 0 Å². The summed E-state index contributed by atoms with van der Waals surface area (Å²) in [6.07, 6.45) is 0. The molecule has 2 heterocycles. The van der Waals surface area contributed by atoms with Gasteiger partial charge in [-0.15, -0.1) is 11.3 Å². The summed E-state index contributed by atoms with van der Waals surface area (Å²) in [7, 11) is 0. The van der Waals surface area contributed by atoms with Gasteiger partial charge in [0.1, 0.15) is 5.58 Å². The van der Waals surface area contributed by atoms with Gasteiger partial charge >= 0.3 is 0 Å². The van der Waals surface area contributed by atoms with Gasteiger partial charge in [0.15, 0.2) is 5.58 Å². The van der Waals surface area contributed by atoms with Crippen molar-refractivity contribution in [2.75, 3.05) is 4.90 Å². The van der Waals surface area contributed by atoms with Gasteiger partial charge in [-0.05, 0) is 92.3 Å². The second-order valence-electron chi connectivity index (χ2n) is 13.7. The molecule has 0 N–H and O–H groups in total. The topological polar surface area (TPSA) is 16.4 Å². The number of furan rings is 1. The van der Waals surface area contributed by atoms with Gasteiger partial charge < -0.3 is 9.32 Å². The Balaban J connectivity index is 1.16. The molecule has 0 aliphatic rings. The zero-order chi connectivity index (χ0) is 34.9. The molecule has 0 saturated carbocycles. The van der Waals surface area contributed by atoms with Gasteiger partial charge in [0, 0.05) is 42.3 Å². The van der Waals surface area contributed by atoms with E-state index in [0.717, 1.165) is 44.6 Å². The molecule has 0 atom stereocenters. The summed E-state index contributed by atoms with van der Waals surface area (Å²) in [5.74, 6) is 0. The lowest BCUT2D eigenvalue weighted by Crippen LogP contribution is -2.10. The normalized spacial score (nSPS) is 11.8. The molecule has 3 heteroatoms. The van der Waals surface area contributed by atoms with Gasteiger partial charge in [-0.3, -0.25) is 0 Å². The summed E-state index contributed by atoms with van der Waals surface area (Å²) < 4.78 is 9.48. The van der Waals surface area contributed by atoms with E-state index >= 15 is 0 Å². The molecule has 0 bridgehead atoms. The number of rotatable bonds is 5. The second-order valence-corrected chi connectivity index (χ2v) is 14.7. The van der Waals surface area contributed by atoms with Gasteiger partial charge in [-0.25, -0.2) is 0 Å². The molecule has 0 radical (unpaired) electrons. The Morgan fingerprint density at radius 1 is 0.396 bits per heavy atom. The highest BCUT2D eigenvalue weighted by Crippen LogP contribution is 2.47. The summed E-state index contributed by atoms with van der Waals surface area (Å²) in [4.78, 5) is 2.37. The number of benzene rings is 9. The molecule has 2 nitrogen and oxygen atoms in total. The van der Waals surface area contributed by atoms with E-state index in [4.69, 9.17) is 4.42 Å². The van der Waals surface area contributed by atoms with Crippen LogP contribution in [0.5, 0.6) is 0 Å². The number of thiophene rings is 1. The molecule has 0 amide bonds. The number of hydrogen-bond acceptors (Lipinski definition) is 3. The Morgan fingerprint density at radius 3 is 1.91 bits per heavy atom. The molecule has 0 aliphatic heterocycles. The maximum absolute atomic E-state index is 6.86. The zero-order valence-corrected chi connectivity index (χ0v) is 29.5. The Hall–Kier alpha value is -6.68. The van der Waals surface area contributed by atoms with Crippen LogP contribution in [0.2, 0.25) is 0 Å². The van der Waals surface area contributed by atoms with Crippen LogP contribution in [0.4, 0.5) is 17.1 Å². The van der Waals surface area contributed by atoms with Gasteiger partial charge in [0.25, 0.3) is 0 Å². The molecule has 11 rings (SSSR count). The monoisotopic (exact) mass is 693 g/mol. The Morgan fingerprint density at radius 2 is 1.04 bits per heavy atom. The lowest BCUT2D eigenvalue weighted by molar-refractivity contribution is 0.669. The Labute approximate surface area is 310 Å². The average Bonchev–Trinajstić information content (AvgIpc) is 3.81. The fourth-order valence-electron chi connectivity index (χ4n) is 8.21. The van der Waals surface area contributed by atoms with E-state index in [1.165, 1.54) is 58.4 Å². The van der Waals surface area contributed by atoms with Crippen LogP contribution in [0, 0.1) is 0 Å². The number of fused-ring (bicyclic) bond motifs is 9. The van der Waals surface area contributed by atoms with E-state index < -0.39 is 0 Å². The molecule has 0 spiro atoms. The molecule has 0 aliphatic carbocycles. The Kier molecular flexibility index (Phi) is 6.76. The number of para-hydroxylation sites is 1. The maximum atomic E-state index is 6.86. The molecule has 11 aromatic rings. The third kappa shape index (κ3) is 4.78. The van der Waals surface area contributed by atoms with Crippen molar-refractivity contribution in [3.8, 4) is 22.3 Å². The van der Waals surface area contributed by atoms with E-state index in [1.807, 2.05) is 11.3 Å². The van der Waals surface area contributed by atoms with Crippen LogP contribution in [0.1, 0.15) is 0 Å². The van der Waals surface area contributed by atoms with Crippen molar-refractivity contribution in [1.82, 2.24) is 0 Å². The van der Waals surface area contributed by atoms with Crippen LogP contribution in [-0.2, 0) is 0 Å². The second kappa shape index (κ2) is 11.9. The van der Waals surface area contributed by atoms with E-state index in [-0.39, 0.29) is 0 Å². The fourth-order valence-corrected chi connectivity index (χ4v) is 9.34. The molecule has 9 aromatic carbocycles. The zero-order valence-electron chi connectivity index (χ0n) is 28.7. The lowest BCUT2D eigenvalue weighted by atomic mass is 9.97. The van der Waals surface area contributed by atoms with Crippen molar-refractivity contribution in [2.24, 2.45) is 0 Å².